The molecule has 1 atom stereocenters. The van der Waals surface area contributed by atoms with Gasteiger partial charge in [0.25, 0.3) is 5.69 Å². The monoisotopic (exact) mass is 209 g/mol. The molecule has 5 nitrogen and oxygen atoms in total. The van der Waals surface area contributed by atoms with Gasteiger partial charge in [0, 0.05) is 6.07 Å². The first kappa shape index (κ1) is 11.2. The van der Waals surface area contributed by atoms with Gasteiger partial charge in [-0.1, -0.05) is 6.08 Å². The van der Waals surface area contributed by atoms with Gasteiger partial charge in [0.15, 0.2) is 0 Å². The number of rotatable bonds is 4. The highest BCUT2D eigenvalue weighted by molar-refractivity contribution is 5.44. The fourth-order valence-corrected chi connectivity index (χ4v) is 1.14. The van der Waals surface area contributed by atoms with Crippen molar-refractivity contribution in [3.05, 3.63) is 46.5 Å². The molecule has 1 unspecified atom stereocenters. The molecule has 15 heavy (non-hydrogen) atoms. The molecule has 1 N–H and O–H groups in total. The Balaban J connectivity index is 3.22. The molecule has 0 saturated heterocycles. The minimum absolute atomic E-state index is 0.120. The van der Waals surface area contributed by atoms with Gasteiger partial charge in [-0.25, -0.2) is 0 Å². The van der Waals surface area contributed by atoms with Crippen LogP contribution in [0.4, 0.5) is 5.69 Å². The fraction of sp³-hybridized carbons (Fsp3) is 0.200. The third-order valence-corrected chi connectivity index (χ3v) is 1.92. The van der Waals surface area contributed by atoms with Crippen LogP contribution in [0.15, 0.2) is 30.9 Å². The van der Waals surface area contributed by atoms with Crippen molar-refractivity contribution in [2.24, 2.45) is 0 Å². The Morgan fingerprint density at radius 2 is 2.27 bits per heavy atom. The van der Waals surface area contributed by atoms with Crippen molar-refractivity contribution >= 4 is 5.69 Å². The summed E-state index contributed by atoms with van der Waals surface area (Å²) in [6, 6.07) is 4.10. The maximum absolute atomic E-state index is 10.6. The molecule has 0 heterocycles. The number of benzene rings is 1. The number of non-ortho nitro benzene ring substituents is 1. The number of aliphatic hydroxyl groups is 1. The van der Waals surface area contributed by atoms with E-state index in [0.29, 0.717) is 11.3 Å². The Kier molecular flexibility index (Phi) is 3.41. The van der Waals surface area contributed by atoms with Crippen molar-refractivity contribution in [2.45, 2.75) is 6.10 Å². The average molecular weight is 209 g/mol. The number of hydrogen-bond acceptors (Lipinski definition) is 4. The van der Waals surface area contributed by atoms with Crippen LogP contribution in [-0.2, 0) is 0 Å². The van der Waals surface area contributed by atoms with Crippen molar-refractivity contribution < 1.29 is 14.8 Å². The Labute approximate surface area is 86.8 Å². The van der Waals surface area contributed by atoms with Crippen molar-refractivity contribution in [3.8, 4) is 5.75 Å². The Hall–Kier alpha value is -1.88. The summed E-state index contributed by atoms with van der Waals surface area (Å²) in [6.07, 6.45) is 0.359. The summed E-state index contributed by atoms with van der Waals surface area (Å²) in [5.74, 6) is 0.333. The lowest BCUT2D eigenvalue weighted by Crippen LogP contribution is -1.97. The lowest BCUT2D eigenvalue weighted by atomic mass is 10.1. The number of ether oxygens (including phenoxy) is 1. The minimum atomic E-state index is -0.932. The quantitative estimate of drug-likeness (QED) is 0.466. The van der Waals surface area contributed by atoms with Gasteiger partial charge in [0.2, 0.25) is 0 Å². The highest BCUT2D eigenvalue weighted by atomic mass is 16.6. The number of methoxy groups -OCH3 is 1. The molecular weight excluding hydrogens is 198 g/mol. The van der Waals surface area contributed by atoms with Crippen LogP contribution >= 0.6 is 0 Å². The van der Waals surface area contributed by atoms with Crippen LogP contribution in [-0.4, -0.2) is 17.1 Å². The minimum Gasteiger partial charge on any atom is -0.496 e. The molecule has 80 valence electrons. The lowest BCUT2D eigenvalue weighted by Gasteiger charge is -2.07. The standard InChI is InChI=1S/C10H11NO4/c1-3-10(12)7-4-8(11(13)14)6-9(5-7)15-2/h3-6,10,12H,1H2,2H3. The van der Waals surface area contributed by atoms with Gasteiger partial charge in [-0.15, -0.1) is 6.58 Å². The van der Waals surface area contributed by atoms with Crippen LogP contribution in [0.3, 0.4) is 0 Å². The molecule has 0 bridgehead atoms. The molecule has 0 radical (unpaired) electrons. The summed E-state index contributed by atoms with van der Waals surface area (Å²) < 4.78 is 4.89. The first-order valence-electron chi connectivity index (χ1n) is 4.22. The van der Waals surface area contributed by atoms with E-state index in [2.05, 4.69) is 6.58 Å². The third kappa shape index (κ3) is 2.54. The summed E-state index contributed by atoms with van der Waals surface area (Å²) in [4.78, 5) is 10.0. The van der Waals surface area contributed by atoms with Gasteiger partial charge < -0.3 is 9.84 Å². The Morgan fingerprint density at radius 3 is 2.73 bits per heavy atom. The second-order valence-electron chi connectivity index (χ2n) is 2.90. The lowest BCUT2D eigenvalue weighted by molar-refractivity contribution is -0.385. The van der Waals surface area contributed by atoms with Gasteiger partial charge in [-0.2, -0.15) is 0 Å². The number of nitro benzene ring substituents is 1. The van der Waals surface area contributed by atoms with Crippen LogP contribution in [0.2, 0.25) is 0 Å². The fourth-order valence-electron chi connectivity index (χ4n) is 1.14. The first-order chi connectivity index (χ1) is 7.08. The van der Waals surface area contributed by atoms with Crippen molar-refractivity contribution in [1.82, 2.24) is 0 Å². The molecule has 1 aromatic carbocycles. The second kappa shape index (κ2) is 4.56. The van der Waals surface area contributed by atoms with Crippen LogP contribution in [0.25, 0.3) is 0 Å². The zero-order chi connectivity index (χ0) is 11.4. The number of nitro groups is 1. The van der Waals surface area contributed by atoms with Gasteiger partial charge in [-0.3, -0.25) is 10.1 Å². The second-order valence-corrected chi connectivity index (χ2v) is 2.90. The summed E-state index contributed by atoms with van der Waals surface area (Å²) in [5.41, 5.74) is 0.265. The van der Waals surface area contributed by atoms with Crippen LogP contribution < -0.4 is 4.74 Å². The zero-order valence-corrected chi connectivity index (χ0v) is 8.21. The molecular formula is C10H11NO4. The van der Waals surface area contributed by atoms with E-state index < -0.39 is 11.0 Å². The molecule has 0 spiro atoms. The van der Waals surface area contributed by atoms with E-state index in [1.165, 1.54) is 31.4 Å². The molecule has 0 saturated carbocycles. The average Bonchev–Trinajstić information content (AvgIpc) is 2.27. The molecule has 5 heteroatoms. The van der Waals surface area contributed by atoms with E-state index in [0.717, 1.165) is 0 Å². The maximum Gasteiger partial charge on any atom is 0.273 e. The largest absolute Gasteiger partial charge is 0.496 e. The zero-order valence-electron chi connectivity index (χ0n) is 8.21. The van der Waals surface area contributed by atoms with Gasteiger partial charge in [0.1, 0.15) is 5.75 Å². The maximum atomic E-state index is 10.6. The topological polar surface area (TPSA) is 72.6 Å². The molecule has 0 amide bonds. The number of nitrogens with zero attached hydrogens (tertiary/aromatic N) is 1. The van der Waals surface area contributed by atoms with E-state index in [-0.39, 0.29) is 5.69 Å². The van der Waals surface area contributed by atoms with Crippen molar-refractivity contribution in [1.29, 1.82) is 0 Å². The highest BCUT2D eigenvalue weighted by Gasteiger charge is 2.13. The normalized spacial score (nSPS) is 11.9. The SMILES string of the molecule is C=CC(O)c1cc(OC)cc([N+](=O)[O-])c1. The molecule has 1 aromatic rings. The predicted molar refractivity (Wildman–Crippen MR) is 54.8 cm³/mol. The molecule has 0 aliphatic carbocycles. The molecule has 0 fully saturated rings. The molecule has 0 aromatic heterocycles. The summed E-state index contributed by atoms with van der Waals surface area (Å²) in [5, 5.41) is 20.0. The number of hydrogen-bond donors (Lipinski definition) is 1. The molecule has 1 rings (SSSR count). The van der Waals surface area contributed by atoms with E-state index in [4.69, 9.17) is 4.74 Å². The first-order valence-corrected chi connectivity index (χ1v) is 4.22. The smallest absolute Gasteiger partial charge is 0.273 e. The van der Waals surface area contributed by atoms with E-state index in [9.17, 15) is 15.2 Å². The van der Waals surface area contributed by atoms with Crippen molar-refractivity contribution in [2.75, 3.05) is 7.11 Å². The van der Waals surface area contributed by atoms with E-state index in [1.54, 1.807) is 0 Å². The van der Waals surface area contributed by atoms with E-state index in [1.807, 2.05) is 0 Å². The summed E-state index contributed by atoms with van der Waals surface area (Å²) in [7, 11) is 1.41. The third-order valence-electron chi connectivity index (χ3n) is 1.92. The predicted octanol–water partition coefficient (Wildman–Crippen LogP) is 1.82. The van der Waals surface area contributed by atoms with Gasteiger partial charge in [-0.05, 0) is 11.6 Å². The van der Waals surface area contributed by atoms with Gasteiger partial charge in [0.05, 0.1) is 24.2 Å². The van der Waals surface area contributed by atoms with Crippen LogP contribution in [0.5, 0.6) is 5.75 Å². The van der Waals surface area contributed by atoms with Crippen molar-refractivity contribution in [3.63, 3.8) is 0 Å². The Bertz CT molecular complexity index is 389. The number of aliphatic hydroxyl groups excluding tert-OH is 1. The molecule has 0 aliphatic rings. The van der Waals surface area contributed by atoms with E-state index >= 15 is 0 Å². The Morgan fingerprint density at radius 1 is 1.60 bits per heavy atom. The summed E-state index contributed by atoms with van der Waals surface area (Å²) >= 11 is 0. The van der Waals surface area contributed by atoms with Gasteiger partial charge >= 0.3 is 0 Å². The van der Waals surface area contributed by atoms with Crippen LogP contribution in [0, 0.1) is 10.1 Å². The summed E-state index contributed by atoms with van der Waals surface area (Å²) in [6.45, 7) is 3.41. The molecule has 0 aliphatic heterocycles. The highest BCUT2D eigenvalue weighted by Crippen LogP contribution is 2.26. The van der Waals surface area contributed by atoms with Crippen LogP contribution in [0.1, 0.15) is 11.7 Å².